The van der Waals surface area contributed by atoms with E-state index in [2.05, 4.69) is 38.4 Å². The third-order valence-electron chi connectivity index (χ3n) is 5.30. The van der Waals surface area contributed by atoms with Crippen molar-refractivity contribution in [3.05, 3.63) is 111 Å². The van der Waals surface area contributed by atoms with E-state index in [-0.39, 0.29) is 12.5 Å². The van der Waals surface area contributed by atoms with Crippen molar-refractivity contribution in [1.82, 2.24) is 10.7 Å². The molecule has 36 heavy (non-hydrogen) atoms. The van der Waals surface area contributed by atoms with Gasteiger partial charge in [0.1, 0.15) is 5.75 Å². The average Bonchev–Trinajstić information content (AvgIpc) is 2.88. The second kappa shape index (κ2) is 11.6. The van der Waals surface area contributed by atoms with Gasteiger partial charge in [-0.3, -0.25) is 9.59 Å². The Bertz CT molecular complexity index is 1480. The SMILES string of the molecule is Cc1cccc(C(=O)Oc2ccc3ccccc3c2/C=N\NC(=O)CNC(=O)c2ccccc2I)c1. The summed E-state index contributed by atoms with van der Waals surface area (Å²) < 4.78 is 6.48. The molecule has 0 saturated carbocycles. The van der Waals surface area contributed by atoms with Crippen molar-refractivity contribution >= 4 is 57.4 Å². The van der Waals surface area contributed by atoms with Gasteiger partial charge in [0.25, 0.3) is 11.8 Å². The monoisotopic (exact) mass is 591 g/mol. The molecule has 0 heterocycles. The van der Waals surface area contributed by atoms with Crippen LogP contribution in [-0.2, 0) is 4.79 Å². The molecule has 0 spiro atoms. The van der Waals surface area contributed by atoms with Crippen molar-refractivity contribution in [2.24, 2.45) is 5.10 Å². The van der Waals surface area contributed by atoms with Gasteiger partial charge in [-0.05, 0) is 70.6 Å². The largest absolute Gasteiger partial charge is 0.422 e. The predicted molar refractivity (Wildman–Crippen MR) is 147 cm³/mol. The summed E-state index contributed by atoms with van der Waals surface area (Å²) in [6.07, 6.45) is 1.43. The van der Waals surface area contributed by atoms with E-state index in [9.17, 15) is 14.4 Å². The number of aryl methyl sites for hydroxylation is 1. The van der Waals surface area contributed by atoms with Crippen LogP contribution in [0.2, 0.25) is 0 Å². The molecule has 4 aromatic rings. The summed E-state index contributed by atoms with van der Waals surface area (Å²) in [5, 5.41) is 8.35. The molecule has 0 aliphatic carbocycles. The smallest absolute Gasteiger partial charge is 0.343 e. The van der Waals surface area contributed by atoms with E-state index in [0.29, 0.717) is 22.4 Å². The Labute approximate surface area is 221 Å². The number of carbonyl (C=O) groups is 3. The molecule has 4 rings (SSSR count). The number of nitrogens with zero attached hydrogens (tertiary/aromatic N) is 1. The third-order valence-corrected chi connectivity index (χ3v) is 6.24. The maximum Gasteiger partial charge on any atom is 0.343 e. The van der Waals surface area contributed by atoms with Gasteiger partial charge >= 0.3 is 5.97 Å². The second-order valence-corrected chi connectivity index (χ2v) is 9.08. The van der Waals surface area contributed by atoms with Gasteiger partial charge in [0.15, 0.2) is 0 Å². The first kappa shape index (κ1) is 25.1. The lowest BCUT2D eigenvalue weighted by molar-refractivity contribution is -0.120. The van der Waals surface area contributed by atoms with Crippen LogP contribution in [0.5, 0.6) is 5.75 Å². The molecule has 180 valence electrons. The molecule has 0 unspecified atom stereocenters. The Morgan fingerprint density at radius 1 is 0.944 bits per heavy atom. The predicted octanol–water partition coefficient (Wildman–Crippen LogP) is 4.85. The van der Waals surface area contributed by atoms with Crippen molar-refractivity contribution in [3.63, 3.8) is 0 Å². The molecule has 0 atom stereocenters. The zero-order valence-corrected chi connectivity index (χ0v) is 21.5. The first-order chi connectivity index (χ1) is 17.4. The van der Waals surface area contributed by atoms with Crippen LogP contribution >= 0.6 is 22.6 Å². The van der Waals surface area contributed by atoms with Gasteiger partial charge in [-0.2, -0.15) is 5.10 Å². The number of rotatable bonds is 7. The van der Waals surface area contributed by atoms with Crippen LogP contribution in [0.3, 0.4) is 0 Å². The van der Waals surface area contributed by atoms with Gasteiger partial charge in [-0.1, -0.05) is 60.2 Å². The molecule has 0 aromatic heterocycles. The maximum absolute atomic E-state index is 12.7. The highest BCUT2D eigenvalue weighted by atomic mass is 127. The Morgan fingerprint density at radius 2 is 1.72 bits per heavy atom. The highest BCUT2D eigenvalue weighted by Gasteiger charge is 2.14. The van der Waals surface area contributed by atoms with Crippen LogP contribution in [0, 0.1) is 10.5 Å². The van der Waals surface area contributed by atoms with Crippen LogP contribution < -0.4 is 15.5 Å². The van der Waals surface area contributed by atoms with Gasteiger partial charge in [0.05, 0.1) is 23.9 Å². The number of hydrogen-bond acceptors (Lipinski definition) is 5. The third kappa shape index (κ3) is 6.14. The molecular formula is C28H22IN3O4. The van der Waals surface area contributed by atoms with Crippen molar-refractivity contribution in [2.45, 2.75) is 6.92 Å². The lowest BCUT2D eigenvalue weighted by atomic mass is 10.0. The fourth-order valence-electron chi connectivity index (χ4n) is 3.54. The van der Waals surface area contributed by atoms with E-state index in [1.807, 2.05) is 55.5 Å². The minimum Gasteiger partial charge on any atom is -0.422 e. The summed E-state index contributed by atoms with van der Waals surface area (Å²) in [6.45, 7) is 1.66. The van der Waals surface area contributed by atoms with E-state index in [4.69, 9.17) is 4.74 Å². The van der Waals surface area contributed by atoms with Crippen LogP contribution in [0.25, 0.3) is 10.8 Å². The number of esters is 1. The minimum atomic E-state index is -0.496. The summed E-state index contributed by atoms with van der Waals surface area (Å²) in [5.41, 5.74) is 4.82. The molecule has 0 fully saturated rings. The maximum atomic E-state index is 12.7. The summed E-state index contributed by atoms with van der Waals surface area (Å²) in [4.78, 5) is 37.3. The number of fused-ring (bicyclic) bond motifs is 1. The molecule has 4 aromatic carbocycles. The number of amides is 2. The highest BCUT2D eigenvalue weighted by Crippen LogP contribution is 2.27. The fraction of sp³-hybridized carbons (Fsp3) is 0.0714. The van der Waals surface area contributed by atoms with Gasteiger partial charge in [0.2, 0.25) is 0 Å². The molecule has 2 amide bonds. The summed E-state index contributed by atoms with van der Waals surface area (Å²) >= 11 is 2.06. The fourth-order valence-corrected chi connectivity index (χ4v) is 4.17. The Morgan fingerprint density at radius 3 is 2.53 bits per heavy atom. The molecule has 0 saturated heterocycles. The van der Waals surface area contributed by atoms with Crippen LogP contribution in [0.1, 0.15) is 31.8 Å². The number of ether oxygens (including phenoxy) is 1. The summed E-state index contributed by atoms with van der Waals surface area (Å²) in [6, 6.07) is 25.4. The first-order valence-electron chi connectivity index (χ1n) is 11.1. The number of carbonyl (C=O) groups excluding carboxylic acids is 3. The zero-order valence-electron chi connectivity index (χ0n) is 19.3. The van der Waals surface area contributed by atoms with Crippen LogP contribution in [0.15, 0.2) is 90.0 Å². The van der Waals surface area contributed by atoms with Crippen molar-refractivity contribution in [1.29, 1.82) is 0 Å². The number of benzene rings is 4. The van der Waals surface area contributed by atoms with E-state index >= 15 is 0 Å². The summed E-state index contributed by atoms with van der Waals surface area (Å²) in [7, 11) is 0. The van der Waals surface area contributed by atoms with Crippen LogP contribution in [-0.4, -0.2) is 30.5 Å². The highest BCUT2D eigenvalue weighted by molar-refractivity contribution is 14.1. The molecule has 0 bridgehead atoms. The topological polar surface area (TPSA) is 96.9 Å². The standard InChI is InChI=1S/C28H22IN3O4/c1-18-7-6-9-20(15-18)28(35)36-25-14-13-19-8-2-3-10-21(19)23(25)16-31-32-26(33)17-30-27(34)22-11-4-5-12-24(22)29/h2-16H,17H2,1H3,(H,30,34)(H,32,33)/b31-16-. The lowest BCUT2D eigenvalue weighted by Crippen LogP contribution is -2.35. The quantitative estimate of drug-likeness (QED) is 0.106. The first-order valence-corrected chi connectivity index (χ1v) is 12.2. The Hall–Kier alpha value is -4.05. The average molecular weight is 591 g/mol. The van der Waals surface area contributed by atoms with E-state index in [1.165, 1.54) is 6.21 Å². The number of nitrogens with one attached hydrogen (secondary N) is 2. The molecule has 7 nitrogen and oxygen atoms in total. The van der Waals surface area contributed by atoms with Crippen molar-refractivity contribution < 1.29 is 19.1 Å². The van der Waals surface area contributed by atoms with E-state index < -0.39 is 11.9 Å². The number of hydrogen-bond donors (Lipinski definition) is 2. The number of hydrazone groups is 1. The molecule has 8 heteroatoms. The van der Waals surface area contributed by atoms with Gasteiger partial charge < -0.3 is 10.1 Å². The van der Waals surface area contributed by atoms with E-state index in [0.717, 1.165) is 19.9 Å². The van der Waals surface area contributed by atoms with Crippen molar-refractivity contribution in [3.8, 4) is 5.75 Å². The second-order valence-electron chi connectivity index (χ2n) is 7.91. The molecule has 0 aliphatic rings. The number of halogens is 1. The van der Waals surface area contributed by atoms with E-state index in [1.54, 1.807) is 36.4 Å². The summed E-state index contributed by atoms with van der Waals surface area (Å²) in [5.74, 6) is -1.03. The Balaban J connectivity index is 1.48. The van der Waals surface area contributed by atoms with Crippen LogP contribution in [0.4, 0.5) is 0 Å². The Kier molecular flexibility index (Phi) is 8.06. The van der Waals surface area contributed by atoms with Gasteiger partial charge in [-0.25, -0.2) is 10.2 Å². The molecule has 2 N–H and O–H groups in total. The normalized spacial score (nSPS) is 10.8. The lowest BCUT2D eigenvalue weighted by Gasteiger charge is -2.11. The zero-order chi connectivity index (χ0) is 25.5. The molecule has 0 aliphatic heterocycles. The van der Waals surface area contributed by atoms with Gasteiger partial charge in [0, 0.05) is 9.13 Å². The molecular weight excluding hydrogens is 569 g/mol. The molecule has 0 radical (unpaired) electrons. The minimum absolute atomic E-state index is 0.244. The van der Waals surface area contributed by atoms with Crippen molar-refractivity contribution in [2.75, 3.05) is 6.54 Å². The van der Waals surface area contributed by atoms with Gasteiger partial charge in [-0.15, -0.1) is 0 Å².